The Morgan fingerprint density at radius 3 is 2.52 bits per heavy atom. The van der Waals surface area contributed by atoms with Gasteiger partial charge in [0, 0.05) is 13.1 Å². The summed E-state index contributed by atoms with van der Waals surface area (Å²) in [5, 5.41) is 2.64. The van der Waals surface area contributed by atoms with Gasteiger partial charge in [-0.25, -0.2) is 13.2 Å². The quantitative estimate of drug-likeness (QED) is 0.521. The highest BCUT2D eigenvalue weighted by atomic mass is 32.2. The molecule has 0 bridgehead atoms. The molecule has 1 saturated heterocycles. The summed E-state index contributed by atoms with van der Waals surface area (Å²) >= 11 is 1.03. The van der Waals surface area contributed by atoms with Crippen LogP contribution in [0, 0.1) is 0 Å². The lowest BCUT2D eigenvalue weighted by Crippen LogP contribution is -2.48. The van der Waals surface area contributed by atoms with Crippen molar-refractivity contribution in [3.63, 3.8) is 0 Å². The van der Waals surface area contributed by atoms with Gasteiger partial charge in [-0.1, -0.05) is 6.07 Å². The first-order valence-corrected chi connectivity index (χ1v) is 12.3. The van der Waals surface area contributed by atoms with Crippen molar-refractivity contribution in [3.8, 4) is 0 Å². The van der Waals surface area contributed by atoms with Crippen LogP contribution in [-0.2, 0) is 24.3 Å². The maximum absolute atomic E-state index is 12.9. The molecule has 4 rings (SSSR count). The monoisotopic (exact) mass is 490 g/mol. The number of carbonyl (C=O) groups excluding carboxylic acids is 2. The van der Waals surface area contributed by atoms with Gasteiger partial charge in [-0.15, -0.1) is 0 Å². The Labute approximate surface area is 194 Å². The van der Waals surface area contributed by atoms with E-state index >= 15 is 0 Å². The van der Waals surface area contributed by atoms with E-state index in [4.69, 9.17) is 9.47 Å². The Hall–Kier alpha value is -2.93. The highest BCUT2D eigenvalue weighted by Gasteiger charge is 2.32. The normalized spacial score (nSPS) is 19.3. The Balaban J connectivity index is 1.36. The number of nitrogens with zero attached hydrogens (tertiary/aromatic N) is 3. The van der Waals surface area contributed by atoms with E-state index < -0.39 is 28.5 Å². The first-order valence-electron chi connectivity index (χ1n) is 10.2. The molecule has 1 fully saturated rings. The number of ether oxygens (including phenoxy) is 2. The summed E-state index contributed by atoms with van der Waals surface area (Å²) < 4.78 is 46.1. The van der Waals surface area contributed by atoms with Crippen LogP contribution < -0.4 is 5.32 Å². The number of esters is 1. The molecule has 0 spiro atoms. The number of rotatable bonds is 6. The van der Waals surface area contributed by atoms with E-state index in [2.05, 4.69) is 14.1 Å². The smallest absolute Gasteiger partial charge is 0.338 e. The number of amides is 1. The molecule has 2 heterocycles. The van der Waals surface area contributed by atoms with Crippen molar-refractivity contribution in [3.05, 3.63) is 48.0 Å². The molecule has 1 N–H and O–H groups in total. The zero-order chi connectivity index (χ0) is 23.6. The first-order chi connectivity index (χ1) is 15.7. The topological polar surface area (TPSA) is 128 Å². The molecule has 2 unspecified atom stereocenters. The average Bonchev–Trinajstić information content (AvgIpc) is 3.27. The maximum Gasteiger partial charge on any atom is 0.338 e. The molecule has 10 nitrogen and oxygen atoms in total. The zero-order valence-electron chi connectivity index (χ0n) is 17.9. The summed E-state index contributed by atoms with van der Waals surface area (Å²) in [5.41, 5.74) is 1.83. The molecule has 12 heteroatoms. The lowest BCUT2D eigenvalue weighted by molar-refractivity contribution is -0.119. The van der Waals surface area contributed by atoms with E-state index in [0.717, 1.165) is 11.7 Å². The Kier molecular flexibility index (Phi) is 6.70. The third-order valence-corrected chi connectivity index (χ3v) is 7.40. The van der Waals surface area contributed by atoms with E-state index in [0.29, 0.717) is 16.7 Å². The van der Waals surface area contributed by atoms with Gasteiger partial charge in [0.15, 0.2) is 6.61 Å². The summed E-state index contributed by atoms with van der Waals surface area (Å²) in [6.07, 6.45) is -0.412. The minimum absolute atomic E-state index is 0.0723. The minimum atomic E-state index is -3.72. The van der Waals surface area contributed by atoms with Gasteiger partial charge in [-0.3, -0.25) is 4.79 Å². The van der Waals surface area contributed by atoms with E-state index in [9.17, 15) is 18.0 Å². The summed E-state index contributed by atoms with van der Waals surface area (Å²) in [6, 6.07) is 10.6. The van der Waals surface area contributed by atoms with Crippen LogP contribution in [0.5, 0.6) is 0 Å². The van der Waals surface area contributed by atoms with Crippen molar-refractivity contribution < 1.29 is 27.5 Å². The van der Waals surface area contributed by atoms with Crippen molar-refractivity contribution in [2.24, 2.45) is 0 Å². The predicted octanol–water partition coefficient (Wildman–Crippen LogP) is 2.28. The minimum Gasteiger partial charge on any atom is -0.452 e. The Morgan fingerprint density at radius 2 is 1.82 bits per heavy atom. The van der Waals surface area contributed by atoms with Gasteiger partial charge in [0.1, 0.15) is 11.0 Å². The fraction of sp³-hybridized carbons (Fsp3) is 0.333. The second kappa shape index (κ2) is 9.51. The molecular formula is C21H22N4O6S2. The predicted molar refractivity (Wildman–Crippen MR) is 122 cm³/mol. The average molecular weight is 491 g/mol. The van der Waals surface area contributed by atoms with Crippen LogP contribution in [0.4, 0.5) is 5.69 Å². The molecule has 1 amide bonds. The van der Waals surface area contributed by atoms with Crippen LogP contribution in [0.1, 0.15) is 24.2 Å². The number of fused-ring (bicyclic) bond motifs is 1. The molecule has 174 valence electrons. The third kappa shape index (κ3) is 5.19. The summed E-state index contributed by atoms with van der Waals surface area (Å²) in [6.45, 7) is 3.66. The number of nitrogens with one attached hydrogen (secondary N) is 1. The molecule has 0 aliphatic carbocycles. The fourth-order valence-electron chi connectivity index (χ4n) is 3.55. The fourth-order valence-corrected chi connectivity index (χ4v) is 5.69. The zero-order valence-corrected chi connectivity index (χ0v) is 19.6. The van der Waals surface area contributed by atoms with Crippen LogP contribution in [0.25, 0.3) is 11.0 Å². The number of morpholine rings is 1. The van der Waals surface area contributed by atoms with E-state index in [1.807, 2.05) is 13.8 Å². The summed E-state index contributed by atoms with van der Waals surface area (Å²) in [7, 11) is -3.72. The molecular weight excluding hydrogens is 468 g/mol. The summed E-state index contributed by atoms with van der Waals surface area (Å²) in [4.78, 5) is 24.6. The second-order valence-electron chi connectivity index (χ2n) is 7.67. The maximum atomic E-state index is 12.9. The number of hydrogen-bond donors (Lipinski definition) is 1. The third-order valence-electron chi connectivity index (χ3n) is 5.01. The van der Waals surface area contributed by atoms with Crippen LogP contribution in [-0.4, -0.2) is 65.3 Å². The molecule has 3 aromatic rings. The lowest BCUT2D eigenvalue weighted by Gasteiger charge is -2.34. The molecule has 1 aliphatic heterocycles. The van der Waals surface area contributed by atoms with Crippen molar-refractivity contribution >= 4 is 50.3 Å². The van der Waals surface area contributed by atoms with Gasteiger partial charge in [0.05, 0.1) is 40.1 Å². The number of hydrogen-bond acceptors (Lipinski definition) is 9. The number of aromatic nitrogens is 2. The van der Waals surface area contributed by atoms with Crippen LogP contribution >= 0.6 is 11.7 Å². The molecule has 2 atom stereocenters. The highest BCUT2D eigenvalue weighted by Crippen LogP contribution is 2.22. The van der Waals surface area contributed by atoms with Gasteiger partial charge in [-0.05, 0) is 50.2 Å². The van der Waals surface area contributed by atoms with Crippen LogP contribution in [0.15, 0.2) is 47.4 Å². The number of benzene rings is 2. The standard InChI is InChI=1S/C21H22N4O6S2/c1-13-10-25(11-14(2)31-13)33(28,29)16-8-6-15(7-9-16)21(27)30-12-19(26)22-17-4-3-5-18-20(17)24-32-23-18/h3-9,13-14H,10-12H2,1-2H3,(H,22,26). The van der Waals surface area contributed by atoms with Crippen LogP contribution in [0.3, 0.4) is 0 Å². The van der Waals surface area contributed by atoms with Gasteiger partial charge in [-0.2, -0.15) is 13.1 Å². The number of anilines is 1. The van der Waals surface area contributed by atoms with E-state index in [1.54, 1.807) is 18.2 Å². The number of carbonyl (C=O) groups is 2. The Bertz CT molecular complexity index is 1270. The van der Waals surface area contributed by atoms with Gasteiger partial charge in [0.2, 0.25) is 10.0 Å². The second-order valence-corrected chi connectivity index (χ2v) is 10.1. The molecule has 2 aromatic carbocycles. The first kappa shape index (κ1) is 23.2. The van der Waals surface area contributed by atoms with Gasteiger partial charge >= 0.3 is 5.97 Å². The molecule has 0 saturated carbocycles. The lowest BCUT2D eigenvalue weighted by atomic mass is 10.2. The summed E-state index contributed by atoms with van der Waals surface area (Å²) in [5.74, 6) is -1.27. The van der Waals surface area contributed by atoms with Gasteiger partial charge in [0.25, 0.3) is 5.91 Å². The van der Waals surface area contributed by atoms with E-state index in [-0.39, 0.29) is 35.8 Å². The van der Waals surface area contributed by atoms with Crippen LogP contribution in [0.2, 0.25) is 0 Å². The Morgan fingerprint density at radius 1 is 1.12 bits per heavy atom. The van der Waals surface area contributed by atoms with Crippen molar-refractivity contribution in [2.45, 2.75) is 31.0 Å². The van der Waals surface area contributed by atoms with Crippen molar-refractivity contribution in [1.29, 1.82) is 0 Å². The van der Waals surface area contributed by atoms with E-state index in [1.165, 1.54) is 28.6 Å². The largest absolute Gasteiger partial charge is 0.452 e. The molecule has 0 radical (unpaired) electrons. The van der Waals surface area contributed by atoms with Crippen molar-refractivity contribution in [1.82, 2.24) is 13.1 Å². The molecule has 1 aromatic heterocycles. The van der Waals surface area contributed by atoms with Gasteiger partial charge < -0.3 is 14.8 Å². The SMILES string of the molecule is CC1CN(S(=O)(=O)c2ccc(C(=O)OCC(=O)Nc3cccc4nsnc34)cc2)CC(C)O1. The molecule has 1 aliphatic rings. The molecule has 33 heavy (non-hydrogen) atoms. The van der Waals surface area contributed by atoms with Crippen molar-refractivity contribution in [2.75, 3.05) is 25.0 Å². The number of sulfonamides is 1. The highest BCUT2D eigenvalue weighted by molar-refractivity contribution is 7.89.